The fourth-order valence-electron chi connectivity index (χ4n) is 7.42. The molecule has 2 N–H and O–H groups in total. The van der Waals surface area contributed by atoms with Crippen LogP contribution in [0.2, 0.25) is 5.02 Å². The third kappa shape index (κ3) is 8.94. The fourth-order valence-corrected chi connectivity index (χ4v) is 8.82. The van der Waals surface area contributed by atoms with Gasteiger partial charge >= 0.3 is 18.2 Å². The molecular formula is C42H43ClF4N8O6S. The first kappa shape index (κ1) is 44.3. The average Bonchev–Trinajstić information content (AvgIpc) is 3.58. The molecule has 0 bridgehead atoms. The Kier molecular flexibility index (Phi) is 11.8. The number of anilines is 3. The van der Waals surface area contributed by atoms with Crippen LogP contribution in [0.25, 0.3) is 32.1 Å². The Labute approximate surface area is 363 Å². The number of nitrogens with zero attached hydrogens (tertiary/aromatic N) is 6. The van der Waals surface area contributed by atoms with Crippen molar-refractivity contribution in [2.75, 3.05) is 48.9 Å². The van der Waals surface area contributed by atoms with Gasteiger partial charge in [-0.3, -0.25) is 15.5 Å². The highest BCUT2D eigenvalue weighted by Crippen LogP contribution is 2.52. The van der Waals surface area contributed by atoms with Crippen molar-refractivity contribution >= 4 is 72.8 Å². The van der Waals surface area contributed by atoms with Crippen LogP contribution >= 0.6 is 22.9 Å². The van der Waals surface area contributed by atoms with Crippen molar-refractivity contribution in [2.45, 2.75) is 84.1 Å². The molecule has 14 nitrogen and oxygen atoms in total. The molecule has 0 spiro atoms. The average molecular weight is 899 g/mol. The van der Waals surface area contributed by atoms with Crippen LogP contribution in [0.3, 0.4) is 0 Å². The van der Waals surface area contributed by atoms with Crippen LogP contribution in [0.4, 0.5) is 43.8 Å². The zero-order valence-corrected chi connectivity index (χ0v) is 36.6. The number of likely N-dealkylation sites (N-methyl/N-ethyl adjacent to an activating group) is 1. The lowest BCUT2D eigenvalue weighted by molar-refractivity contribution is 0.0136. The second kappa shape index (κ2) is 16.5. The molecule has 5 aromatic rings. The quantitative estimate of drug-likeness (QED) is 0.142. The predicted molar refractivity (Wildman–Crippen MR) is 227 cm³/mol. The number of halogens is 5. The van der Waals surface area contributed by atoms with Gasteiger partial charge in [0, 0.05) is 35.2 Å². The monoisotopic (exact) mass is 898 g/mol. The van der Waals surface area contributed by atoms with Gasteiger partial charge in [-0.2, -0.15) is 15.2 Å². The molecule has 2 aliphatic rings. The molecule has 3 aromatic heterocycles. The van der Waals surface area contributed by atoms with Gasteiger partial charge in [0.15, 0.2) is 11.6 Å². The number of hydrogen-bond acceptors (Lipinski definition) is 13. The fraction of sp³-hybridized carbons (Fsp3) is 0.429. The molecule has 0 unspecified atom stereocenters. The molecule has 0 radical (unpaired) electrons. The number of fused-ring (bicyclic) bond motifs is 1. The van der Waals surface area contributed by atoms with E-state index in [1.54, 1.807) is 72.5 Å². The molecule has 2 amide bonds. The first-order valence-corrected chi connectivity index (χ1v) is 20.7. The minimum atomic E-state index is -2.95. The van der Waals surface area contributed by atoms with Crippen LogP contribution in [-0.2, 0) is 9.47 Å². The maximum atomic E-state index is 17.7. The SMILES string of the molecule is C[C@H](c1cccnc1NC(=O)OC(C)(C)C)N1CCOc2c(Cl)c(-c3ccc(F)c4sc(NC(=O)OC(C)(C)C)c(C#N)c34)c(F)c3nc(OC[C@@H]4CC(F)(F)CN4C)nc1c23. The lowest BCUT2D eigenvalue weighted by Crippen LogP contribution is -2.33. The maximum absolute atomic E-state index is 17.7. The third-order valence-corrected chi connectivity index (χ3v) is 11.5. The Bertz CT molecular complexity index is 2650. The van der Waals surface area contributed by atoms with Crippen LogP contribution in [0.1, 0.15) is 72.1 Å². The number of hydrogen-bond donors (Lipinski definition) is 2. The summed E-state index contributed by atoms with van der Waals surface area (Å²) < 4.78 is 85.1. The van der Waals surface area contributed by atoms with Gasteiger partial charge in [0.25, 0.3) is 5.92 Å². The van der Waals surface area contributed by atoms with Gasteiger partial charge in [0.1, 0.15) is 58.5 Å². The summed E-state index contributed by atoms with van der Waals surface area (Å²) in [5.41, 5.74) is -2.03. The Morgan fingerprint density at radius 3 is 2.42 bits per heavy atom. The Hall–Kier alpha value is -5.71. The summed E-state index contributed by atoms with van der Waals surface area (Å²) in [7, 11) is 1.54. The van der Waals surface area contributed by atoms with Crippen molar-refractivity contribution < 1.29 is 46.1 Å². The number of alkyl halides is 2. The second-order valence-electron chi connectivity index (χ2n) is 17.0. The van der Waals surface area contributed by atoms with Crippen LogP contribution in [0.15, 0.2) is 30.5 Å². The number of carbonyl (C=O) groups excluding carboxylic acids is 2. The molecule has 5 heterocycles. The summed E-state index contributed by atoms with van der Waals surface area (Å²) in [5.74, 6) is -4.50. The van der Waals surface area contributed by atoms with Gasteiger partial charge < -0.3 is 23.8 Å². The van der Waals surface area contributed by atoms with E-state index in [-0.39, 0.29) is 90.9 Å². The summed E-state index contributed by atoms with van der Waals surface area (Å²) in [6, 6.07) is 6.02. The zero-order valence-electron chi connectivity index (χ0n) is 35.0. The second-order valence-corrected chi connectivity index (χ2v) is 18.4. The number of pyridine rings is 1. The molecule has 328 valence electrons. The zero-order chi connectivity index (χ0) is 45.1. The molecule has 2 aromatic carbocycles. The van der Waals surface area contributed by atoms with E-state index < -0.39 is 66.0 Å². The van der Waals surface area contributed by atoms with Gasteiger partial charge in [-0.1, -0.05) is 23.7 Å². The first-order valence-electron chi connectivity index (χ1n) is 19.5. The van der Waals surface area contributed by atoms with E-state index in [2.05, 4.69) is 20.6 Å². The van der Waals surface area contributed by atoms with Gasteiger partial charge in [-0.05, 0) is 73.2 Å². The maximum Gasteiger partial charge on any atom is 0.413 e. The normalized spacial score (nSPS) is 17.0. The van der Waals surface area contributed by atoms with Crippen molar-refractivity contribution in [1.82, 2.24) is 19.9 Å². The standard InChI is InChI=1S/C42H43ClF4N8O6S/c1-20(22-10-9-13-49-34(22)51-38(56)60-40(2,3)4)55-14-15-58-32-28-31(50-37(52-35(28)55)59-18-21-16-42(46,47)19-54(21)8)30(45)27(29(32)43)23-11-12-25(44)33-26(23)24(17-48)36(62-33)53-39(57)61-41(5,6)7/h9-13,20-21H,14-16,18-19H2,1-8H3,(H,53,57)(H,49,51,56)/t20-,21+/m1/s1. The van der Waals surface area contributed by atoms with Gasteiger partial charge in [-0.25, -0.2) is 32.1 Å². The summed E-state index contributed by atoms with van der Waals surface area (Å²) in [6.45, 7) is 11.2. The largest absolute Gasteiger partial charge is 0.489 e. The van der Waals surface area contributed by atoms with Crippen molar-refractivity contribution in [3.8, 4) is 29.0 Å². The predicted octanol–water partition coefficient (Wildman–Crippen LogP) is 10.1. The number of nitriles is 1. The van der Waals surface area contributed by atoms with Gasteiger partial charge in [-0.15, -0.1) is 11.3 Å². The smallest absolute Gasteiger partial charge is 0.413 e. The number of benzene rings is 2. The van der Waals surface area contributed by atoms with Gasteiger partial charge in [0.05, 0.1) is 39.8 Å². The number of thiophene rings is 1. The number of likely N-dealkylation sites (tertiary alicyclic amines) is 1. The lowest BCUT2D eigenvalue weighted by atomic mass is 9.96. The van der Waals surface area contributed by atoms with Crippen molar-refractivity contribution in [3.05, 3.63) is 58.2 Å². The Morgan fingerprint density at radius 2 is 1.77 bits per heavy atom. The van der Waals surface area contributed by atoms with E-state index in [1.807, 2.05) is 6.07 Å². The van der Waals surface area contributed by atoms with Crippen LogP contribution < -0.4 is 25.0 Å². The molecule has 1 fully saturated rings. The number of nitrogens with one attached hydrogen (secondary N) is 2. The minimum Gasteiger partial charge on any atom is -0.489 e. The van der Waals surface area contributed by atoms with Crippen LogP contribution in [-0.4, -0.2) is 88.6 Å². The lowest BCUT2D eigenvalue weighted by Gasteiger charge is -2.31. The van der Waals surface area contributed by atoms with Gasteiger partial charge in [0.2, 0.25) is 0 Å². The van der Waals surface area contributed by atoms with E-state index in [1.165, 1.54) is 17.2 Å². The number of ether oxygens (including phenoxy) is 4. The summed E-state index contributed by atoms with van der Waals surface area (Å²) >= 11 is 7.89. The molecule has 0 aliphatic carbocycles. The Balaban J connectivity index is 1.41. The first-order chi connectivity index (χ1) is 29.1. The van der Waals surface area contributed by atoms with Crippen LogP contribution in [0.5, 0.6) is 11.8 Å². The van der Waals surface area contributed by atoms with Crippen LogP contribution in [0, 0.1) is 23.0 Å². The molecular weight excluding hydrogens is 856 g/mol. The summed E-state index contributed by atoms with van der Waals surface area (Å²) in [4.78, 5) is 42.5. The molecule has 2 atom stereocenters. The summed E-state index contributed by atoms with van der Waals surface area (Å²) in [6.07, 6.45) is -0.631. The van der Waals surface area contributed by atoms with E-state index in [0.717, 1.165) is 17.4 Å². The highest BCUT2D eigenvalue weighted by molar-refractivity contribution is 7.23. The third-order valence-electron chi connectivity index (χ3n) is 10.00. The molecule has 7 rings (SSSR count). The number of rotatable bonds is 8. The van der Waals surface area contributed by atoms with E-state index >= 15 is 8.78 Å². The van der Waals surface area contributed by atoms with E-state index in [4.69, 9.17) is 35.5 Å². The number of aromatic nitrogens is 3. The topological polar surface area (TPSA) is 164 Å². The van der Waals surface area contributed by atoms with Crippen molar-refractivity contribution in [2.24, 2.45) is 0 Å². The number of amides is 2. The minimum absolute atomic E-state index is 0.0178. The molecule has 62 heavy (non-hydrogen) atoms. The highest BCUT2D eigenvalue weighted by Gasteiger charge is 2.44. The summed E-state index contributed by atoms with van der Waals surface area (Å²) in [5, 5.41) is 15.3. The molecule has 0 saturated carbocycles. The van der Waals surface area contributed by atoms with E-state index in [0.29, 0.717) is 5.56 Å². The van der Waals surface area contributed by atoms with E-state index in [9.17, 15) is 23.6 Å². The molecule has 2 aliphatic heterocycles. The Morgan fingerprint density at radius 1 is 1.08 bits per heavy atom. The van der Waals surface area contributed by atoms with Crippen molar-refractivity contribution in [3.63, 3.8) is 0 Å². The number of carbonyl (C=O) groups is 2. The molecule has 20 heteroatoms. The van der Waals surface area contributed by atoms with Crippen molar-refractivity contribution in [1.29, 1.82) is 5.26 Å². The molecule has 1 saturated heterocycles. The highest BCUT2D eigenvalue weighted by atomic mass is 35.5.